The lowest BCUT2D eigenvalue weighted by Crippen LogP contribution is -2.38. The van der Waals surface area contributed by atoms with Gasteiger partial charge >= 0.3 is 6.09 Å². The molecule has 2 aromatic rings. The number of thioether (sulfide) groups is 1. The number of ether oxygens (including phenoxy) is 1. The van der Waals surface area contributed by atoms with Crippen molar-refractivity contribution in [3.8, 4) is 0 Å². The Bertz CT molecular complexity index is 864. The van der Waals surface area contributed by atoms with Crippen LogP contribution in [0.25, 0.3) is 0 Å². The summed E-state index contributed by atoms with van der Waals surface area (Å²) in [5.41, 5.74) is 4.25. The number of hydrogen-bond donors (Lipinski definition) is 2. The highest BCUT2D eigenvalue weighted by atomic mass is 35.5. The molecule has 0 aromatic heterocycles. The van der Waals surface area contributed by atoms with E-state index in [4.69, 9.17) is 16.3 Å². The number of amides is 1. The summed E-state index contributed by atoms with van der Waals surface area (Å²) in [7, 11) is 1.88. The molecule has 0 saturated carbocycles. The zero-order valence-electron chi connectivity index (χ0n) is 16.8. The number of carbonyl (C=O) groups is 1. The molecular weight excluding hydrogens is 392 g/mol. The third kappa shape index (κ3) is 5.02. The van der Waals surface area contributed by atoms with E-state index in [-0.39, 0.29) is 6.04 Å². The maximum absolute atomic E-state index is 12.4. The first kappa shape index (κ1) is 21.0. The summed E-state index contributed by atoms with van der Waals surface area (Å²) >= 11 is 8.24. The standard InChI is InChI=1S/C22H27ClN2O2S/c1-22(2,3)27-21(26)25-19(12-24-4)15-8-6-10-20-16(15)11-14-7-5-9-18(23)17(14)13-28-20/h5-10,19,24H,11-13H2,1-4H3,(H,25,26). The molecule has 2 aromatic carbocycles. The Labute approximate surface area is 176 Å². The molecule has 0 spiro atoms. The molecular formula is C22H27ClN2O2S. The predicted octanol–water partition coefficient (Wildman–Crippen LogP) is 5.32. The van der Waals surface area contributed by atoms with E-state index in [1.807, 2.05) is 40.0 Å². The molecule has 3 rings (SSSR count). The Morgan fingerprint density at radius 3 is 2.68 bits per heavy atom. The second-order valence-electron chi connectivity index (χ2n) is 7.92. The van der Waals surface area contributed by atoms with Gasteiger partial charge in [-0.05, 0) is 68.6 Å². The summed E-state index contributed by atoms with van der Waals surface area (Å²) in [4.78, 5) is 13.6. The molecule has 1 heterocycles. The summed E-state index contributed by atoms with van der Waals surface area (Å²) in [6.07, 6.45) is 0.389. The first-order chi connectivity index (χ1) is 13.3. The Morgan fingerprint density at radius 2 is 1.96 bits per heavy atom. The van der Waals surface area contributed by atoms with Crippen molar-refractivity contribution in [2.75, 3.05) is 13.6 Å². The minimum Gasteiger partial charge on any atom is -0.444 e. The average Bonchev–Trinajstić information content (AvgIpc) is 2.79. The van der Waals surface area contributed by atoms with Gasteiger partial charge in [0.1, 0.15) is 5.60 Å². The fraction of sp³-hybridized carbons (Fsp3) is 0.409. The number of rotatable bonds is 4. The lowest BCUT2D eigenvalue weighted by molar-refractivity contribution is 0.0503. The highest BCUT2D eigenvalue weighted by molar-refractivity contribution is 7.98. The number of likely N-dealkylation sites (N-methyl/N-ethyl adjacent to an activating group) is 1. The molecule has 0 fully saturated rings. The van der Waals surface area contributed by atoms with Crippen LogP contribution >= 0.6 is 23.4 Å². The van der Waals surface area contributed by atoms with Crippen LogP contribution in [0.15, 0.2) is 41.3 Å². The molecule has 0 bridgehead atoms. The number of fused-ring (bicyclic) bond motifs is 2. The highest BCUT2D eigenvalue weighted by Crippen LogP contribution is 2.39. The molecule has 6 heteroatoms. The Kier molecular flexibility index (Phi) is 6.58. The second kappa shape index (κ2) is 8.76. The van der Waals surface area contributed by atoms with Gasteiger partial charge in [0.15, 0.2) is 0 Å². The minimum atomic E-state index is -0.534. The second-order valence-corrected chi connectivity index (χ2v) is 9.35. The van der Waals surface area contributed by atoms with Gasteiger partial charge in [0.05, 0.1) is 6.04 Å². The molecule has 2 N–H and O–H groups in total. The van der Waals surface area contributed by atoms with Crippen molar-refractivity contribution in [2.24, 2.45) is 0 Å². The van der Waals surface area contributed by atoms with Crippen molar-refractivity contribution < 1.29 is 9.53 Å². The zero-order chi connectivity index (χ0) is 20.3. The van der Waals surface area contributed by atoms with Crippen LogP contribution in [0.5, 0.6) is 0 Å². The van der Waals surface area contributed by atoms with E-state index in [9.17, 15) is 4.79 Å². The summed E-state index contributed by atoms with van der Waals surface area (Å²) in [5, 5.41) is 7.04. The largest absolute Gasteiger partial charge is 0.444 e. The molecule has 28 heavy (non-hydrogen) atoms. The predicted molar refractivity (Wildman–Crippen MR) is 116 cm³/mol. The van der Waals surface area contributed by atoms with Crippen LogP contribution in [0.2, 0.25) is 5.02 Å². The maximum atomic E-state index is 12.4. The van der Waals surface area contributed by atoms with E-state index in [1.54, 1.807) is 11.8 Å². The summed E-state index contributed by atoms with van der Waals surface area (Å²) in [5.74, 6) is 0.849. The van der Waals surface area contributed by atoms with Crippen molar-refractivity contribution in [3.05, 3.63) is 63.7 Å². The topological polar surface area (TPSA) is 50.4 Å². The van der Waals surface area contributed by atoms with Crippen LogP contribution < -0.4 is 10.6 Å². The van der Waals surface area contributed by atoms with E-state index in [0.717, 1.165) is 22.8 Å². The number of halogens is 1. The van der Waals surface area contributed by atoms with Gasteiger partial charge < -0.3 is 15.4 Å². The van der Waals surface area contributed by atoms with E-state index in [0.29, 0.717) is 6.54 Å². The van der Waals surface area contributed by atoms with Crippen molar-refractivity contribution in [1.29, 1.82) is 0 Å². The summed E-state index contributed by atoms with van der Waals surface area (Å²) in [6, 6.07) is 12.2. The number of hydrogen-bond acceptors (Lipinski definition) is 4. The highest BCUT2D eigenvalue weighted by Gasteiger charge is 2.25. The molecule has 4 nitrogen and oxygen atoms in total. The first-order valence-electron chi connectivity index (χ1n) is 9.43. The van der Waals surface area contributed by atoms with Gasteiger partial charge in [-0.15, -0.1) is 11.8 Å². The SMILES string of the molecule is CNCC(NC(=O)OC(C)(C)C)c1cccc2c1Cc1cccc(Cl)c1CS2. The molecule has 1 amide bonds. The van der Waals surface area contributed by atoms with E-state index >= 15 is 0 Å². The van der Waals surface area contributed by atoms with Crippen LogP contribution in [-0.2, 0) is 16.9 Å². The van der Waals surface area contributed by atoms with Crippen LogP contribution in [0.4, 0.5) is 4.79 Å². The molecule has 1 aliphatic heterocycles. The van der Waals surface area contributed by atoms with Gasteiger partial charge in [0.2, 0.25) is 0 Å². The fourth-order valence-corrected chi connectivity index (χ4v) is 4.92. The first-order valence-corrected chi connectivity index (χ1v) is 10.8. The normalized spacial score (nSPS) is 14.5. The van der Waals surface area contributed by atoms with Gasteiger partial charge in [-0.25, -0.2) is 4.79 Å². The van der Waals surface area contributed by atoms with Crippen LogP contribution in [0, 0.1) is 0 Å². The van der Waals surface area contributed by atoms with E-state index in [1.165, 1.54) is 21.6 Å². The summed E-state index contributed by atoms with van der Waals surface area (Å²) in [6.45, 7) is 6.21. The number of carbonyl (C=O) groups excluding carboxylic acids is 1. The van der Waals surface area contributed by atoms with Gasteiger partial charge in [0.25, 0.3) is 0 Å². The number of alkyl carbamates (subject to hydrolysis) is 1. The van der Waals surface area contributed by atoms with E-state index in [2.05, 4.69) is 34.9 Å². The quantitative estimate of drug-likeness (QED) is 0.705. The van der Waals surface area contributed by atoms with Gasteiger partial charge in [-0.3, -0.25) is 0 Å². The van der Waals surface area contributed by atoms with Crippen molar-refractivity contribution >= 4 is 29.5 Å². The fourth-order valence-electron chi connectivity index (χ4n) is 3.40. The van der Waals surface area contributed by atoms with Crippen LogP contribution in [0.3, 0.4) is 0 Å². The smallest absolute Gasteiger partial charge is 0.408 e. The minimum absolute atomic E-state index is 0.184. The van der Waals surface area contributed by atoms with Gasteiger partial charge in [-0.2, -0.15) is 0 Å². The molecule has 1 unspecified atom stereocenters. The third-order valence-electron chi connectivity index (χ3n) is 4.60. The zero-order valence-corrected chi connectivity index (χ0v) is 18.3. The molecule has 150 valence electrons. The molecule has 1 aliphatic rings. The van der Waals surface area contributed by atoms with Gasteiger partial charge in [-0.1, -0.05) is 35.9 Å². The Morgan fingerprint density at radius 1 is 1.21 bits per heavy atom. The monoisotopic (exact) mass is 418 g/mol. The number of nitrogens with one attached hydrogen (secondary N) is 2. The lowest BCUT2D eigenvalue weighted by Gasteiger charge is -2.26. The molecule has 0 radical (unpaired) electrons. The van der Waals surface area contributed by atoms with Crippen molar-refractivity contribution in [1.82, 2.24) is 10.6 Å². The van der Waals surface area contributed by atoms with Crippen LogP contribution in [-0.4, -0.2) is 25.3 Å². The number of benzene rings is 2. The third-order valence-corrected chi connectivity index (χ3v) is 6.08. The average molecular weight is 419 g/mol. The van der Waals surface area contributed by atoms with Gasteiger partial charge in [0, 0.05) is 22.2 Å². The van der Waals surface area contributed by atoms with Crippen LogP contribution in [0.1, 0.15) is 49.1 Å². The molecule has 0 saturated heterocycles. The van der Waals surface area contributed by atoms with Crippen molar-refractivity contribution in [3.63, 3.8) is 0 Å². The molecule has 1 atom stereocenters. The lowest BCUT2D eigenvalue weighted by atomic mass is 9.93. The van der Waals surface area contributed by atoms with E-state index < -0.39 is 11.7 Å². The summed E-state index contributed by atoms with van der Waals surface area (Å²) < 4.78 is 5.48. The Balaban J connectivity index is 1.95. The maximum Gasteiger partial charge on any atom is 0.408 e. The molecule has 0 aliphatic carbocycles. The van der Waals surface area contributed by atoms with Crippen molar-refractivity contribution in [2.45, 2.75) is 49.5 Å². The Hall–Kier alpha value is -1.69.